The highest BCUT2D eigenvalue weighted by atomic mass is 19.4. The third-order valence-electron chi connectivity index (χ3n) is 3.35. The molecule has 0 aliphatic rings. The van der Waals surface area contributed by atoms with Crippen LogP contribution in [-0.2, 0) is 6.18 Å². The highest BCUT2D eigenvalue weighted by Crippen LogP contribution is 2.30. The molecule has 2 N–H and O–H groups in total. The van der Waals surface area contributed by atoms with Crippen molar-refractivity contribution < 1.29 is 18.4 Å². The second-order valence-electron chi connectivity index (χ2n) is 4.80. The smallest absolute Gasteiger partial charge is 0.410 e. The molecule has 22 heavy (non-hydrogen) atoms. The third kappa shape index (κ3) is 2.55. The number of aromatic nitrogens is 1. The second-order valence-corrected chi connectivity index (χ2v) is 4.80. The van der Waals surface area contributed by atoms with E-state index >= 15 is 0 Å². The van der Waals surface area contributed by atoms with Crippen LogP contribution in [0.25, 0.3) is 10.9 Å². The Hall–Kier alpha value is -2.76. The zero-order chi connectivity index (χ0) is 15.7. The minimum atomic E-state index is -4.45. The van der Waals surface area contributed by atoms with Gasteiger partial charge in [-0.15, -0.1) is 0 Å². The summed E-state index contributed by atoms with van der Waals surface area (Å²) in [6, 6.07) is 13.8. The second kappa shape index (κ2) is 5.22. The first-order valence-electron chi connectivity index (χ1n) is 6.47. The van der Waals surface area contributed by atoms with Gasteiger partial charge < -0.3 is 10.2 Å². The Morgan fingerprint density at radius 2 is 1.77 bits per heavy atom. The molecule has 0 bridgehead atoms. The topological polar surface area (TPSA) is 48.4 Å². The molecule has 0 radical (unpaired) electrons. The van der Waals surface area contributed by atoms with E-state index in [0.717, 1.165) is 23.0 Å². The van der Waals surface area contributed by atoms with Crippen molar-refractivity contribution in [3.05, 3.63) is 71.4 Å². The molecule has 0 fully saturated rings. The monoisotopic (exact) mass is 304 g/mol. The maximum atomic E-state index is 12.8. The van der Waals surface area contributed by atoms with Crippen molar-refractivity contribution in [3.8, 4) is 0 Å². The van der Waals surface area contributed by atoms with Gasteiger partial charge in [0.15, 0.2) is 0 Å². The van der Waals surface area contributed by atoms with Gasteiger partial charge in [0, 0.05) is 16.5 Å². The van der Waals surface area contributed by atoms with Crippen molar-refractivity contribution in [1.82, 2.24) is 4.98 Å². The Morgan fingerprint density at radius 3 is 2.45 bits per heavy atom. The average Bonchev–Trinajstić information content (AvgIpc) is 2.91. The SMILES string of the molecule is O/N=C(\c1cccc(C(F)(F)F)c1)c1cc2ccccc2[nH]1. The molecule has 0 aliphatic carbocycles. The zero-order valence-corrected chi connectivity index (χ0v) is 11.2. The predicted molar refractivity (Wildman–Crippen MR) is 77.2 cm³/mol. The summed E-state index contributed by atoms with van der Waals surface area (Å²) in [5, 5.41) is 13.3. The number of para-hydroxylation sites is 1. The largest absolute Gasteiger partial charge is 0.416 e. The fourth-order valence-electron chi connectivity index (χ4n) is 2.31. The van der Waals surface area contributed by atoms with E-state index in [1.165, 1.54) is 12.1 Å². The van der Waals surface area contributed by atoms with E-state index < -0.39 is 11.7 Å². The molecule has 3 rings (SSSR count). The lowest BCUT2D eigenvalue weighted by molar-refractivity contribution is -0.137. The van der Waals surface area contributed by atoms with Crippen molar-refractivity contribution in [2.24, 2.45) is 5.16 Å². The number of fused-ring (bicyclic) bond motifs is 1. The number of nitrogens with one attached hydrogen (secondary N) is 1. The molecule has 0 spiro atoms. The van der Waals surface area contributed by atoms with Crippen LogP contribution in [0.15, 0.2) is 59.8 Å². The first-order chi connectivity index (χ1) is 10.5. The van der Waals surface area contributed by atoms with Gasteiger partial charge in [-0.3, -0.25) is 0 Å². The van der Waals surface area contributed by atoms with Gasteiger partial charge in [-0.1, -0.05) is 35.5 Å². The number of rotatable bonds is 2. The highest BCUT2D eigenvalue weighted by molar-refractivity contribution is 6.13. The summed E-state index contributed by atoms with van der Waals surface area (Å²) in [6.07, 6.45) is -4.45. The normalized spacial score (nSPS) is 12.8. The van der Waals surface area contributed by atoms with Crippen LogP contribution in [0, 0.1) is 0 Å². The maximum Gasteiger partial charge on any atom is 0.416 e. The van der Waals surface area contributed by atoms with E-state index in [9.17, 15) is 18.4 Å². The molecule has 1 heterocycles. The van der Waals surface area contributed by atoms with Crippen LogP contribution in [0.1, 0.15) is 16.8 Å². The van der Waals surface area contributed by atoms with Gasteiger partial charge in [-0.05, 0) is 24.3 Å². The molecule has 0 amide bonds. The Bertz CT molecular complexity index is 817. The lowest BCUT2D eigenvalue weighted by Gasteiger charge is -2.09. The summed E-state index contributed by atoms with van der Waals surface area (Å²) >= 11 is 0. The summed E-state index contributed by atoms with van der Waals surface area (Å²) in [5.41, 5.74) is 0.710. The van der Waals surface area contributed by atoms with E-state index in [-0.39, 0.29) is 11.3 Å². The standard InChI is InChI=1S/C16H11F3N2O/c17-16(18,19)12-6-3-5-11(8-12)15(21-22)14-9-10-4-1-2-7-13(10)20-14/h1-9,20,22H/b21-15+. The maximum absolute atomic E-state index is 12.8. The van der Waals surface area contributed by atoms with E-state index in [1.807, 2.05) is 24.3 Å². The number of H-pyrrole nitrogens is 1. The number of alkyl halides is 3. The van der Waals surface area contributed by atoms with Crippen LogP contribution >= 0.6 is 0 Å². The van der Waals surface area contributed by atoms with Gasteiger partial charge >= 0.3 is 6.18 Å². The van der Waals surface area contributed by atoms with Crippen molar-refractivity contribution in [1.29, 1.82) is 0 Å². The molecule has 2 aromatic carbocycles. The van der Waals surface area contributed by atoms with Crippen molar-refractivity contribution in [3.63, 3.8) is 0 Å². The molecule has 1 aromatic heterocycles. The molecule has 0 unspecified atom stereocenters. The molecule has 112 valence electrons. The molecule has 0 aliphatic heterocycles. The zero-order valence-electron chi connectivity index (χ0n) is 11.2. The Kier molecular flexibility index (Phi) is 3.36. The third-order valence-corrected chi connectivity index (χ3v) is 3.35. The minimum absolute atomic E-state index is 0.0577. The van der Waals surface area contributed by atoms with E-state index in [0.29, 0.717) is 5.69 Å². The molecular weight excluding hydrogens is 293 g/mol. The molecule has 0 saturated heterocycles. The molecule has 3 aromatic rings. The molecule has 6 heteroatoms. The number of benzene rings is 2. The van der Waals surface area contributed by atoms with E-state index in [4.69, 9.17) is 0 Å². The van der Waals surface area contributed by atoms with Gasteiger partial charge in [0.25, 0.3) is 0 Å². The quantitative estimate of drug-likeness (QED) is 0.411. The minimum Gasteiger partial charge on any atom is -0.410 e. The number of hydrogen-bond donors (Lipinski definition) is 2. The fourth-order valence-corrected chi connectivity index (χ4v) is 2.31. The molecule has 0 atom stereocenters. The van der Waals surface area contributed by atoms with Gasteiger partial charge in [-0.25, -0.2) is 0 Å². The molecular formula is C16H11F3N2O. The van der Waals surface area contributed by atoms with Crippen LogP contribution < -0.4 is 0 Å². The molecule has 0 saturated carbocycles. The Morgan fingerprint density at radius 1 is 1.00 bits per heavy atom. The van der Waals surface area contributed by atoms with Crippen molar-refractivity contribution >= 4 is 16.6 Å². The number of nitrogens with zero attached hydrogens (tertiary/aromatic N) is 1. The predicted octanol–water partition coefficient (Wildman–Crippen LogP) is 4.41. The first-order valence-corrected chi connectivity index (χ1v) is 6.47. The Labute approximate surface area is 123 Å². The van der Waals surface area contributed by atoms with Gasteiger partial charge in [0.05, 0.1) is 11.3 Å². The molecule has 3 nitrogen and oxygen atoms in total. The lowest BCUT2D eigenvalue weighted by atomic mass is 10.0. The van der Waals surface area contributed by atoms with Crippen LogP contribution in [0.5, 0.6) is 0 Å². The Balaban J connectivity index is 2.08. The summed E-state index contributed by atoms with van der Waals surface area (Å²) in [7, 11) is 0. The number of hydrogen-bond acceptors (Lipinski definition) is 2. The highest BCUT2D eigenvalue weighted by Gasteiger charge is 2.30. The summed E-state index contributed by atoms with van der Waals surface area (Å²) < 4.78 is 38.4. The van der Waals surface area contributed by atoms with Crippen LogP contribution in [-0.4, -0.2) is 15.9 Å². The van der Waals surface area contributed by atoms with Crippen molar-refractivity contribution in [2.75, 3.05) is 0 Å². The fraction of sp³-hybridized carbons (Fsp3) is 0.0625. The average molecular weight is 304 g/mol. The van der Waals surface area contributed by atoms with Gasteiger partial charge in [0.2, 0.25) is 0 Å². The summed E-state index contributed by atoms with van der Waals surface area (Å²) in [5.74, 6) is 0. The lowest BCUT2D eigenvalue weighted by Crippen LogP contribution is -2.09. The number of halogens is 3. The number of oxime groups is 1. The van der Waals surface area contributed by atoms with Crippen LogP contribution in [0.2, 0.25) is 0 Å². The van der Waals surface area contributed by atoms with E-state index in [1.54, 1.807) is 6.07 Å². The summed E-state index contributed by atoms with van der Waals surface area (Å²) in [6.45, 7) is 0. The first kappa shape index (κ1) is 14.2. The van der Waals surface area contributed by atoms with Crippen LogP contribution in [0.4, 0.5) is 13.2 Å². The van der Waals surface area contributed by atoms with E-state index in [2.05, 4.69) is 10.1 Å². The summed E-state index contributed by atoms with van der Waals surface area (Å²) in [4.78, 5) is 3.03. The van der Waals surface area contributed by atoms with Gasteiger partial charge in [0.1, 0.15) is 5.71 Å². The van der Waals surface area contributed by atoms with Crippen molar-refractivity contribution in [2.45, 2.75) is 6.18 Å². The number of aromatic amines is 1. The van der Waals surface area contributed by atoms with Gasteiger partial charge in [-0.2, -0.15) is 13.2 Å². The van der Waals surface area contributed by atoms with Crippen LogP contribution in [0.3, 0.4) is 0 Å².